The third kappa shape index (κ3) is 7.07. The van der Waals surface area contributed by atoms with Crippen LogP contribution in [-0.4, -0.2) is 123 Å². The lowest BCUT2D eigenvalue weighted by atomic mass is 9.95. The molecule has 4 fully saturated rings. The van der Waals surface area contributed by atoms with Crippen molar-refractivity contribution in [1.29, 1.82) is 0 Å². The second kappa shape index (κ2) is 11.9. The topological polar surface area (TPSA) is 103 Å². The molecule has 12 heteroatoms. The summed E-state index contributed by atoms with van der Waals surface area (Å²) in [6.07, 6.45) is 5.62. The van der Waals surface area contributed by atoms with Crippen molar-refractivity contribution in [2.75, 3.05) is 70.3 Å². The van der Waals surface area contributed by atoms with E-state index in [1.807, 2.05) is 32.9 Å². The van der Waals surface area contributed by atoms with Crippen LogP contribution in [0.5, 0.6) is 5.75 Å². The lowest BCUT2D eigenvalue weighted by Gasteiger charge is -2.47. The number of rotatable bonds is 8. The van der Waals surface area contributed by atoms with Crippen molar-refractivity contribution in [3.63, 3.8) is 0 Å². The number of piperidine rings is 1. The average Bonchev–Trinajstić information content (AvgIpc) is 3.57. The van der Waals surface area contributed by atoms with E-state index in [2.05, 4.69) is 53.9 Å². The van der Waals surface area contributed by atoms with E-state index in [0.717, 1.165) is 105 Å². The molecule has 1 amide bonds. The van der Waals surface area contributed by atoms with E-state index in [-0.39, 0.29) is 18.7 Å². The Hall–Kier alpha value is -3.51. The Labute approximate surface area is 270 Å². The summed E-state index contributed by atoms with van der Waals surface area (Å²) >= 11 is 0. The number of nitrogens with zero attached hydrogens (tertiary/aromatic N) is 7. The van der Waals surface area contributed by atoms with E-state index >= 15 is 4.39 Å². The monoisotopic (exact) mass is 634 g/mol. The molecule has 0 unspecified atom stereocenters. The molecular formula is C34H47FN8O3. The molecule has 1 aromatic carbocycles. The summed E-state index contributed by atoms with van der Waals surface area (Å²) in [5.41, 5.74) is 0.657. The van der Waals surface area contributed by atoms with E-state index in [4.69, 9.17) is 9.47 Å². The summed E-state index contributed by atoms with van der Waals surface area (Å²) in [7, 11) is 0. The van der Waals surface area contributed by atoms with E-state index < -0.39 is 17.4 Å². The van der Waals surface area contributed by atoms with Crippen molar-refractivity contribution in [2.45, 2.75) is 70.2 Å². The van der Waals surface area contributed by atoms with Gasteiger partial charge in [-0.05, 0) is 77.5 Å². The number of ether oxygens (including phenoxy) is 2. The van der Waals surface area contributed by atoms with Crippen LogP contribution in [-0.2, 0) is 4.74 Å². The van der Waals surface area contributed by atoms with E-state index in [1.54, 1.807) is 6.33 Å². The molecule has 0 radical (unpaired) electrons. The maximum Gasteiger partial charge on any atom is 0.410 e. The van der Waals surface area contributed by atoms with Gasteiger partial charge in [-0.15, -0.1) is 0 Å². The number of carbonyl (C=O) groups excluding carboxylic acids is 1. The largest absolute Gasteiger partial charge is 0.488 e. The highest BCUT2D eigenvalue weighted by atomic mass is 19.1. The molecule has 248 valence electrons. The molecule has 0 bridgehead atoms. The van der Waals surface area contributed by atoms with Gasteiger partial charge >= 0.3 is 6.09 Å². The van der Waals surface area contributed by atoms with Gasteiger partial charge < -0.3 is 24.2 Å². The second-order valence-corrected chi connectivity index (χ2v) is 15.1. The number of aromatic nitrogens is 4. The van der Waals surface area contributed by atoms with Crippen LogP contribution < -0.4 is 9.64 Å². The lowest BCUT2D eigenvalue weighted by Crippen LogP contribution is -2.66. The Morgan fingerprint density at radius 3 is 2.43 bits per heavy atom. The van der Waals surface area contributed by atoms with Gasteiger partial charge in [-0.2, -0.15) is 5.10 Å². The fourth-order valence-electron chi connectivity index (χ4n) is 6.90. The number of halogens is 1. The Bertz CT molecular complexity index is 1550. The van der Waals surface area contributed by atoms with Crippen LogP contribution in [0.15, 0.2) is 30.6 Å². The van der Waals surface area contributed by atoms with Crippen molar-refractivity contribution >= 4 is 22.8 Å². The van der Waals surface area contributed by atoms with Crippen LogP contribution in [0.4, 0.5) is 15.0 Å². The Morgan fingerprint density at radius 1 is 1.02 bits per heavy atom. The number of nitrogens with one attached hydrogen (secondary N) is 1. The molecule has 5 heterocycles. The van der Waals surface area contributed by atoms with Gasteiger partial charge in [0.25, 0.3) is 0 Å². The van der Waals surface area contributed by atoms with Crippen molar-refractivity contribution in [1.82, 2.24) is 34.9 Å². The van der Waals surface area contributed by atoms with E-state index in [1.165, 1.54) is 4.90 Å². The van der Waals surface area contributed by atoms with Gasteiger partial charge in [0.15, 0.2) is 5.67 Å². The van der Waals surface area contributed by atoms with Gasteiger partial charge in [-0.3, -0.25) is 10.00 Å². The highest BCUT2D eigenvalue weighted by Gasteiger charge is 2.48. The fourth-order valence-corrected chi connectivity index (χ4v) is 6.90. The first-order valence-electron chi connectivity index (χ1n) is 16.8. The van der Waals surface area contributed by atoms with Crippen LogP contribution >= 0.6 is 0 Å². The Morgan fingerprint density at radius 2 is 1.74 bits per heavy atom. The minimum absolute atomic E-state index is 0.0384. The van der Waals surface area contributed by atoms with Crippen molar-refractivity contribution in [2.24, 2.45) is 5.92 Å². The van der Waals surface area contributed by atoms with Gasteiger partial charge in [-0.25, -0.2) is 19.2 Å². The molecule has 1 saturated carbocycles. The first kappa shape index (κ1) is 31.1. The van der Waals surface area contributed by atoms with Crippen LogP contribution in [0.2, 0.25) is 0 Å². The summed E-state index contributed by atoms with van der Waals surface area (Å²) < 4.78 is 26.9. The fraction of sp³-hybridized carbons (Fsp3) is 0.647. The van der Waals surface area contributed by atoms with Crippen molar-refractivity contribution in [3.8, 4) is 17.1 Å². The normalized spacial score (nSPS) is 22.1. The van der Waals surface area contributed by atoms with Gasteiger partial charge in [0, 0.05) is 63.8 Å². The maximum atomic E-state index is 15.3. The SMILES string of the molecule is CC(C)(C)OC(=O)N1CC(F)(CN2CCN(CC3CCN(c4cc(-c5[nH]nc6ccc(OC7(C)CC7)cc56)ncn4)CC3)CC2)C1. The number of carbonyl (C=O) groups is 1. The minimum atomic E-state index is -1.34. The van der Waals surface area contributed by atoms with Crippen molar-refractivity contribution < 1.29 is 18.7 Å². The average molecular weight is 635 g/mol. The molecule has 3 aromatic rings. The van der Waals surface area contributed by atoms with Gasteiger partial charge in [0.1, 0.15) is 29.1 Å². The summed E-state index contributed by atoms with van der Waals surface area (Å²) in [6.45, 7) is 14.8. The van der Waals surface area contributed by atoms with E-state index in [9.17, 15) is 4.79 Å². The summed E-state index contributed by atoms with van der Waals surface area (Å²) in [5.74, 6) is 2.44. The number of hydrogen-bond donors (Lipinski definition) is 1. The molecule has 3 aliphatic heterocycles. The highest BCUT2D eigenvalue weighted by Crippen LogP contribution is 2.40. The second-order valence-electron chi connectivity index (χ2n) is 15.1. The zero-order valence-electron chi connectivity index (χ0n) is 27.6. The number of alkyl halides is 1. The zero-order chi connectivity index (χ0) is 32.1. The number of amides is 1. The van der Waals surface area contributed by atoms with Crippen LogP contribution in [0.3, 0.4) is 0 Å². The number of piperazine rings is 1. The molecule has 3 saturated heterocycles. The lowest BCUT2D eigenvalue weighted by molar-refractivity contribution is -0.0684. The van der Waals surface area contributed by atoms with Crippen molar-refractivity contribution in [3.05, 3.63) is 30.6 Å². The van der Waals surface area contributed by atoms with Crippen LogP contribution in [0.25, 0.3) is 22.3 Å². The molecule has 46 heavy (non-hydrogen) atoms. The predicted molar refractivity (Wildman–Crippen MR) is 175 cm³/mol. The number of anilines is 1. The summed E-state index contributed by atoms with van der Waals surface area (Å²) in [5, 5.41) is 8.70. The number of fused-ring (bicyclic) bond motifs is 1. The molecule has 2 aromatic heterocycles. The predicted octanol–water partition coefficient (Wildman–Crippen LogP) is 4.74. The summed E-state index contributed by atoms with van der Waals surface area (Å²) in [6, 6.07) is 8.11. The van der Waals surface area contributed by atoms with Crippen LogP contribution in [0.1, 0.15) is 53.4 Å². The van der Waals surface area contributed by atoms with Gasteiger partial charge in [0.05, 0.1) is 30.0 Å². The molecule has 0 atom stereocenters. The number of hydrogen-bond acceptors (Lipinski definition) is 9. The number of aromatic amines is 1. The summed E-state index contributed by atoms with van der Waals surface area (Å²) in [4.78, 5) is 30.0. The zero-order valence-corrected chi connectivity index (χ0v) is 27.6. The van der Waals surface area contributed by atoms with Gasteiger partial charge in [-0.1, -0.05) is 0 Å². The Balaban J connectivity index is 0.872. The minimum Gasteiger partial charge on any atom is -0.488 e. The Kier molecular flexibility index (Phi) is 8.07. The van der Waals surface area contributed by atoms with Gasteiger partial charge in [0.2, 0.25) is 0 Å². The third-order valence-electron chi connectivity index (χ3n) is 9.78. The molecule has 1 aliphatic carbocycles. The molecule has 11 nitrogen and oxygen atoms in total. The first-order chi connectivity index (χ1) is 21.9. The first-order valence-corrected chi connectivity index (χ1v) is 16.8. The quantitative estimate of drug-likeness (QED) is 0.376. The van der Waals surface area contributed by atoms with Crippen LogP contribution in [0, 0.1) is 5.92 Å². The highest BCUT2D eigenvalue weighted by molar-refractivity contribution is 5.93. The third-order valence-corrected chi connectivity index (χ3v) is 9.78. The maximum absolute atomic E-state index is 15.3. The molecule has 0 spiro atoms. The smallest absolute Gasteiger partial charge is 0.410 e. The molecule has 1 N–H and O–H groups in total. The number of H-pyrrole nitrogens is 1. The van der Waals surface area contributed by atoms with E-state index in [0.29, 0.717) is 12.5 Å². The molecule has 4 aliphatic rings. The number of benzene rings is 1. The number of likely N-dealkylation sites (tertiary alicyclic amines) is 1. The molecule has 7 rings (SSSR count). The molecular weight excluding hydrogens is 587 g/mol. The standard InChI is InChI=1S/C34H47FN8O3/c1-32(2,3)46-31(44)43-21-34(35,22-43)20-41-15-13-40(14-16-41)19-24-7-11-42(12-8-24)29-18-28(36-23-37-29)30-26-17-25(45-33(4)9-10-33)5-6-27(26)38-39-30/h5-6,17-18,23-24H,7-16,19-22H2,1-4H3,(H,38,39).